The van der Waals surface area contributed by atoms with Crippen molar-refractivity contribution in [1.82, 2.24) is 0 Å². The van der Waals surface area contributed by atoms with Gasteiger partial charge in [0.1, 0.15) is 6.07 Å². The zero-order chi connectivity index (χ0) is 12.3. The molecular formula is C11H10N2O3. The maximum Gasteiger partial charge on any atom is 0.339 e. The van der Waals surface area contributed by atoms with Crippen molar-refractivity contribution in [3.05, 3.63) is 28.8 Å². The minimum absolute atomic E-state index is 0.0625. The number of ketones is 1. The van der Waals surface area contributed by atoms with E-state index in [1.54, 1.807) is 0 Å². The minimum Gasteiger partial charge on any atom is -0.465 e. The Balaban J connectivity index is 3.45. The summed E-state index contributed by atoms with van der Waals surface area (Å²) < 4.78 is 4.50. The van der Waals surface area contributed by atoms with Gasteiger partial charge >= 0.3 is 5.97 Å². The van der Waals surface area contributed by atoms with E-state index in [2.05, 4.69) is 4.74 Å². The molecule has 0 radical (unpaired) electrons. The molecule has 0 aromatic heterocycles. The highest BCUT2D eigenvalue weighted by Gasteiger charge is 2.16. The van der Waals surface area contributed by atoms with Gasteiger partial charge in [0.2, 0.25) is 0 Å². The van der Waals surface area contributed by atoms with Crippen LogP contribution in [0.1, 0.15) is 33.2 Å². The van der Waals surface area contributed by atoms with Crippen LogP contribution in [0.25, 0.3) is 0 Å². The number of esters is 1. The third-order valence-electron chi connectivity index (χ3n) is 2.09. The van der Waals surface area contributed by atoms with Gasteiger partial charge in [0.25, 0.3) is 0 Å². The van der Waals surface area contributed by atoms with Crippen molar-refractivity contribution in [3.8, 4) is 6.07 Å². The van der Waals surface area contributed by atoms with E-state index in [1.165, 1.54) is 26.2 Å². The van der Waals surface area contributed by atoms with Crippen LogP contribution in [0.4, 0.5) is 5.69 Å². The smallest absolute Gasteiger partial charge is 0.339 e. The van der Waals surface area contributed by atoms with E-state index in [0.29, 0.717) is 0 Å². The third-order valence-corrected chi connectivity index (χ3v) is 2.09. The van der Waals surface area contributed by atoms with Crippen LogP contribution >= 0.6 is 0 Å². The van der Waals surface area contributed by atoms with Crippen LogP contribution in [-0.2, 0) is 4.74 Å². The number of Topliss-reactive ketones (excluding diaryl/α,β-unsaturated/α-hetero) is 1. The quantitative estimate of drug-likeness (QED) is 0.456. The molecule has 0 saturated heterocycles. The van der Waals surface area contributed by atoms with Crippen LogP contribution in [0.15, 0.2) is 12.1 Å². The first-order valence-corrected chi connectivity index (χ1v) is 4.44. The van der Waals surface area contributed by atoms with E-state index in [0.717, 1.165) is 0 Å². The molecule has 0 unspecified atom stereocenters. The summed E-state index contributed by atoms with van der Waals surface area (Å²) in [7, 11) is 1.21. The second-order valence-corrected chi connectivity index (χ2v) is 3.14. The van der Waals surface area contributed by atoms with Gasteiger partial charge in [-0.3, -0.25) is 4.79 Å². The van der Waals surface area contributed by atoms with Crippen LogP contribution in [0, 0.1) is 11.3 Å². The topological polar surface area (TPSA) is 93.2 Å². The first-order chi connectivity index (χ1) is 7.51. The van der Waals surface area contributed by atoms with E-state index in [1.807, 2.05) is 6.07 Å². The maximum absolute atomic E-state index is 11.3. The fraction of sp³-hybridized carbons (Fsp3) is 0.182. The molecule has 16 heavy (non-hydrogen) atoms. The summed E-state index contributed by atoms with van der Waals surface area (Å²) in [5.74, 6) is -0.913. The van der Waals surface area contributed by atoms with Crippen molar-refractivity contribution >= 4 is 17.4 Å². The molecule has 0 aliphatic heterocycles. The first kappa shape index (κ1) is 11.7. The summed E-state index contributed by atoms with van der Waals surface area (Å²) >= 11 is 0. The second kappa shape index (κ2) is 4.45. The Hall–Kier alpha value is -2.35. The molecular weight excluding hydrogens is 208 g/mol. The molecule has 0 spiro atoms. The normalized spacial score (nSPS) is 9.31. The number of carbonyl (C=O) groups is 2. The number of nitrogens with zero attached hydrogens (tertiary/aromatic N) is 1. The summed E-state index contributed by atoms with van der Waals surface area (Å²) in [6.07, 6.45) is 0. The molecule has 0 heterocycles. The molecule has 0 aliphatic rings. The highest BCUT2D eigenvalue weighted by Crippen LogP contribution is 2.20. The Labute approximate surface area is 92.4 Å². The van der Waals surface area contributed by atoms with Gasteiger partial charge in [0.05, 0.1) is 18.2 Å². The molecule has 82 valence electrons. The highest BCUT2D eigenvalue weighted by atomic mass is 16.5. The Morgan fingerprint density at radius 1 is 1.38 bits per heavy atom. The Morgan fingerprint density at radius 2 is 2.00 bits per heavy atom. The van der Waals surface area contributed by atoms with Gasteiger partial charge in [0, 0.05) is 11.3 Å². The summed E-state index contributed by atoms with van der Waals surface area (Å²) in [6.45, 7) is 1.34. The zero-order valence-corrected chi connectivity index (χ0v) is 8.90. The van der Waals surface area contributed by atoms with Gasteiger partial charge in [-0.15, -0.1) is 0 Å². The number of rotatable bonds is 2. The minimum atomic E-state index is -0.654. The molecule has 0 aliphatic carbocycles. The Morgan fingerprint density at radius 3 is 2.44 bits per heavy atom. The van der Waals surface area contributed by atoms with E-state index < -0.39 is 5.97 Å². The lowest BCUT2D eigenvalue weighted by Gasteiger charge is -2.06. The maximum atomic E-state index is 11.3. The predicted octanol–water partition coefficient (Wildman–Crippen LogP) is 1.13. The highest BCUT2D eigenvalue weighted by molar-refractivity contribution is 6.02. The van der Waals surface area contributed by atoms with Gasteiger partial charge in [-0.25, -0.2) is 4.79 Å². The number of benzene rings is 1. The van der Waals surface area contributed by atoms with E-state index in [9.17, 15) is 9.59 Å². The molecule has 1 rings (SSSR count). The number of hydrogen-bond donors (Lipinski definition) is 1. The van der Waals surface area contributed by atoms with Gasteiger partial charge in [-0.05, 0) is 19.1 Å². The monoisotopic (exact) mass is 218 g/mol. The van der Waals surface area contributed by atoms with Crippen molar-refractivity contribution in [2.75, 3.05) is 12.8 Å². The van der Waals surface area contributed by atoms with E-state index in [4.69, 9.17) is 11.0 Å². The molecule has 0 amide bonds. The summed E-state index contributed by atoms with van der Waals surface area (Å²) in [4.78, 5) is 22.5. The lowest BCUT2D eigenvalue weighted by atomic mass is 10.0. The van der Waals surface area contributed by atoms with Crippen molar-refractivity contribution in [3.63, 3.8) is 0 Å². The number of nitrogens with two attached hydrogens (primary N) is 1. The predicted molar refractivity (Wildman–Crippen MR) is 56.9 cm³/mol. The fourth-order valence-corrected chi connectivity index (χ4v) is 1.29. The zero-order valence-electron chi connectivity index (χ0n) is 8.90. The standard InChI is InChI=1S/C11H10N2O3/c1-6(14)8-3-7(5-12)9(4-10(8)13)11(15)16-2/h3-4H,13H2,1-2H3. The molecule has 2 N–H and O–H groups in total. The van der Waals surface area contributed by atoms with Gasteiger partial charge in [-0.2, -0.15) is 5.26 Å². The van der Waals surface area contributed by atoms with E-state index >= 15 is 0 Å². The van der Waals surface area contributed by atoms with Gasteiger partial charge in [-0.1, -0.05) is 0 Å². The summed E-state index contributed by atoms with van der Waals surface area (Å²) in [5, 5.41) is 8.85. The number of hydrogen-bond acceptors (Lipinski definition) is 5. The van der Waals surface area contributed by atoms with Crippen molar-refractivity contribution in [2.24, 2.45) is 0 Å². The third kappa shape index (κ3) is 2.01. The molecule has 1 aromatic carbocycles. The van der Waals surface area contributed by atoms with Gasteiger partial charge < -0.3 is 10.5 Å². The number of methoxy groups -OCH3 is 1. The lowest BCUT2D eigenvalue weighted by Crippen LogP contribution is -2.08. The summed E-state index contributed by atoms with van der Waals surface area (Å²) in [6, 6.07) is 4.40. The first-order valence-electron chi connectivity index (χ1n) is 4.44. The van der Waals surface area contributed by atoms with Crippen LogP contribution in [-0.4, -0.2) is 18.9 Å². The Bertz CT molecular complexity index is 501. The van der Waals surface area contributed by atoms with Crippen molar-refractivity contribution in [1.29, 1.82) is 5.26 Å². The number of anilines is 1. The van der Waals surface area contributed by atoms with Crippen molar-refractivity contribution in [2.45, 2.75) is 6.92 Å². The average Bonchev–Trinajstić information content (AvgIpc) is 2.27. The fourth-order valence-electron chi connectivity index (χ4n) is 1.29. The number of ether oxygens (including phenoxy) is 1. The summed E-state index contributed by atoms with van der Waals surface area (Å²) in [5.41, 5.74) is 6.12. The molecule has 0 bridgehead atoms. The molecule has 0 fully saturated rings. The molecule has 5 nitrogen and oxygen atoms in total. The number of nitriles is 1. The van der Waals surface area contributed by atoms with E-state index in [-0.39, 0.29) is 28.2 Å². The van der Waals surface area contributed by atoms with Crippen molar-refractivity contribution < 1.29 is 14.3 Å². The average molecular weight is 218 g/mol. The lowest BCUT2D eigenvalue weighted by molar-refractivity contribution is 0.0600. The number of carbonyl (C=O) groups excluding carboxylic acids is 2. The SMILES string of the molecule is COC(=O)c1cc(N)c(C(C)=O)cc1C#N. The van der Waals surface area contributed by atoms with Crippen LogP contribution in [0.3, 0.4) is 0 Å². The molecule has 1 aromatic rings. The Kier molecular flexibility index (Phi) is 3.26. The van der Waals surface area contributed by atoms with Crippen LogP contribution < -0.4 is 5.73 Å². The second-order valence-electron chi connectivity index (χ2n) is 3.14. The molecule has 0 saturated carbocycles. The molecule has 0 atom stereocenters. The molecule has 5 heteroatoms. The number of nitrogen functional groups attached to an aromatic ring is 1. The van der Waals surface area contributed by atoms with Crippen LogP contribution in [0.2, 0.25) is 0 Å². The largest absolute Gasteiger partial charge is 0.465 e. The van der Waals surface area contributed by atoms with Crippen LogP contribution in [0.5, 0.6) is 0 Å². The van der Waals surface area contributed by atoms with Gasteiger partial charge in [0.15, 0.2) is 5.78 Å².